The molecule has 1 unspecified atom stereocenters. The Morgan fingerprint density at radius 2 is 2.10 bits per heavy atom. The summed E-state index contributed by atoms with van der Waals surface area (Å²) >= 11 is 0. The molecule has 0 aliphatic carbocycles. The van der Waals surface area contributed by atoms with Gasteiger partial charge in [0.2, 0.25) is 0 Å². The van der Waals surface area contributed by atoms with Gasteiger partial charge in [-0.25, -0.2) is 4.79 Å². The van der Waals surface area contributed by atoms with Crippen molar-refractivity contribution in [2.75, 3.05) is 13.2 Å². The molecule has 0 bridgehead atoms. The number of carbonyl (C=O) groups is 1. The summed E-state index contributed by atoms with van der Waals surface area (Å²) in [6.07, 6.45) is 3.68. The van der Waals surface area contributed by atoms with Gasteiger partial charge >= 0.3 is 5.63 Å². The van der Waals surface area contributed by atoms with E-state index in [1.807, 2.05) is 31.4 Å². The molecule has 1 atom stereocenters. The van der Waals surface area contributed by atoms with Crippen molar-refractivity contribution >= 4 is 5.91 Å². The van der Waals surface area contributed by atoms with Gasteiger partial charge in [0.1, 0.15) is 12.2 Å². The lowest BCUT2D eigenvalue weighted by Crippen LogP contribution is -2.32. The number of aromatic nitrogens is 2. The largest absolute Gasteiger partial charge is 0.485 e. The lowest BCUT2D eigenvalue weighted by Gasteiger charge is -2.25. The summed E-state index contributed by atoms with van der Waals surface area (Å²) in [4.78, 5) is 25.0. The maximum Gasteiger partial charge on any atom is 0.349 e. The molecule has 1 aromatic carbocycles. The predicted molar refractivity (Wildman–Crippen MR) is 104 cm³/mol. The summed E-state index contributed by atoms with van der Waals surface area (Å²) in [5.74, 6) is 1.10. The number of aryl methyl sites for hydroxylation is 2. The average Bonchev–Trinajstić information content (AvgIpc) is 3.12. The molecule has 4 rings (SSSR count). The van der Waals surface area contributed by atoms with Gasteiger partial charge in [-0.3, -0.25) is 9.48 Å². The smallest absolute Gasteiger partial charge is 0.349 e. The highest BCUT2D eigenvalue weighted by molar-refractivity contribution is 5.95. The molecule has 0 radical (unpaired) electrons. The van der Waals surface area contributed by atoms with E-state index in [-0.39, 0.29) is 12.2 Å². The molecule has 2 aromatic heterocycles. The van der Waals surface area contributed by atoms with Crippen LogP contribution in [-0.2, 0) is 13.5 Å². The Hall–Kier alpha value is -3.55. The van der Waals surface area contributed by atoms with Crippen molar-refractivity contribution in [3.05, 3.63) is 75.6 Å². The Morgan fingerprint density at radius 1 is 1.31 bits per heavy atom. The minimum atomic E-state index is -0.693. The lowest BCUT2D eigenvalue weighted by molar-refractivity contribution is 0.0721. The van der Waals surface area contributed by atoms with Crippen LogP contribution in [-0.4, -0.2) is 28.8 Å². The molecule has 0 saturated carbocycles. The van der Waals surface area contributed by atoms with Gasteiger partial charge in [0.05, 0.1) is 6.20 Å². The fourth-order valence-corrected chi connectivity index (χ4v) is 3.23. The highest BCUT2D eigenvalue weighted by Gasteiger charge is 2.26. The van der Waals surface area contributed by atoms with Gasteiger partial charge in [0.15, 0.2) is 23.4 Å². The molecule has 8 heteroatoms. The number of carbonyl (C=O) groups excluding carboxylic acids is 1. The standard InChI is InChI=1S/C21H21N3O5/c1-13-9-17(18-12-27-15-5-3-4-6-16(15)28-18)29-21(26)19(13)20(25)22-8-7-14-10-23-24(2)11-14/h3-6,9-11,18H,7-8,12H2,1-2H3,(H,22,25). The zero-order valence-electron chi connectivity index (χ0n) is 16.2. The molecule has 8 nitrogen and oxygen atoms in total. The van der Waals surface area contributed by atoms with Crippen LogP contribution in [0.3, 0.4) is 0 Å². The highest BCUT2D eigenvalue weighted by atomic mass is 16.6. The SMILES string of the molecule is Cc1cc(C2COc3ccccc3O2)oc(=O)c1C(=O)NCCc1cnn(C)c1. The summed E-state index contributed by atoms with van der Waals surface area (Å²) in [7, 11) is 1.83. The Labute approximate surface area is 167 Å². The third-order valence-corrected chi connectivity index (χ3v) is 4.68. The number of ether oxygens (including phenoxy) is 2. The van der Waals surface area contributed by atoms with Crippen LogP contribution in [0.1, 0.15) is 33.3 Å². The molecule has 0 fully saturated rings. The zero-order valence-corrected chi connectivity index (χ0v) is 16.2. The normalized spacial score (nSPS) is 15.2. The second-order valence-electron chi connectivity index (χ2n) is 6.89. The van der Waals surface area contributed by atoms with Gasteiger partial charge in [-0.15, -0.1) is 0 Å². The van der Waals surface area contributed by atoms with Crippen molar-refractivity contribution in [1.82, 2.24) is 15.1 Å². The van der Waals surface area contributed by atoms with Crippen LogP contribution in [0.5, 0.6) is 11.5 Å². The molecule has 29 heavy (non-hydrogen) atoms. The Morgan fingerprint density at radius 3 is 2.83 bits per heavy atom. The van der Waals surface area contributed by atoms with E-state index in [9.17, 15) is 9.59 Å². The maximum atomic E-state index is 12.5. The number of hydrogen-bond donors (Lipinski definition) is 1. The molecule has 1 amide bonds. The van der Waals surface area contributed by atoms with Crippen molar-refractivity contribution in [2.24, 2.45) is 7.05 Å². The van der Waals surface area contributed by atoms with E-state index >= 15 is 0 Å². The molecule has 0 spiro atoms. The van der Waals surface area contributed by atoms with E-state index in [2.05, 4.69) is 10.4 Å². The van der Waals surface area contributed by atoms with E-state index in [4.69, 9.17) is 13.9 Å². The molecule has 1 N–H and O–H groups in total. The fraction of sp³-hybridized carbons (Fsp3) is 0.286. The number of rotatable bonds is 5. The number of hydrogen-bond acceptors (Lipinski definition) is 6. The van der Waals surface area contributed by atoms with Gasteiger partial charge in [0, 0.05) is 19.8 Å². The van der Waals surface area contributed by atoms with Crippen molar-refractivity contribution in [1.29, 1.82) is 0 Å². The second kappa shape index (κ2) is 7.83. The zero-order chi connectivity index (χ0) is 20.4. The summed E-state index contributed by atoms with van der Waals surface area (Å²) in [6.45, 7) is 2.31. The topological polar surface area (TPSA) is 95.6 Å². The fourth-order valence-electron chi connectivity index (χ4n) is 3.23. The second-order valence-corrected chi connectivity index (χ2v) is 6.89. The van der Waals surface area contributed by atoms with Crippen LogP contribution in [0.15, 0.2) is 51.9 Å². The van der Waals surface area contributed by atoms with Gasteiger partial charge in [-0.2, -0.15) is 5.10 Å². The number of para-hydroxylation sites is 2. The summed E-state index contributed by atoms with van der Waals surface area (Å²) in [6, 6.07) is 8.95. The minimum absolute atomic E-state index is 0.00272. The van der Waals surface area contributed by atoms with Crippen molar-refractivity contribution < 1.29 is 18.7 Å². The van der Waals surface area contributed by atoms with Crippen LogP contribution in [0, 0.1) is 6.92 Å². The first-order chi connectivity index (χ1) is 14.0. The van der Waals surface area contributed by atoms with E-state index < -0.39 is 17.6 Å². The maximum absolute atomic E-state index is 12.5. The number of benzene rings is 1. The van der Waals surface area contributed by atoms with Crippen LogP contribution >= 0.6 is 0 Å². The molecule has 3 heterocycles. The van der Waals surface area contributed by atoms with Crippen LogP contribution < -0.4 is 20.4 Å². The van der Waals surface area contributed by atoms with E-state index in [1.165, 1.54) is 0 Å². The summed E-state index contributed by atoms with van der Waals surface area (Å²) < 4.78 is 18.6. The van der Waals surface area contributed by atoms with Crippen LogP contribution in [0.25, 0.3) is 0 Å². The molecule has 0 saturated heterocycles. The first kappa shape index (κ1) is 18.8. The summed E-state index contributed by atoms with van der Waals surface area (Å²) in [5.41, 5.74) is 0.831. The van der Waals surface area contributed by atoms with Gasteiger partial charge in [-0.1, -0.05) is 12.1 Å². The Kier molecular flexibility index (Phi) is 5.07. The molecule has 1 aliphatic rings. The van der Waals surface area contributed by atoms with Crippen molar-refractivity contribution in [3.8, 4) is 11.5 Å². The number of nitrogens with one attached hydrogen (secondary N) is 1. The van der Waals surface area contributed by atoms with E-state index in [1.54, 1.807) is 29.9 Å². The van der Waals surface area contributed by atoms with Crippen molar-refractivity contribution in [3.63, 3.8) is 0 Å². The molecular formula is C21H21N3O5. The Balaban J connectivity index is 1.46. The summed E-state index contributed by atoms with van der Waals surface area (Å²) in [5, 5.41) is 6.84. The quantitative estimate of drug-likeness (QED) is 0.711. The molecule has 150 valence electrons. The first-order valence-corrected chi connectivity index (χ1v) is 9.30. The Bertz CT molecular complexity index is 1100. The van der Waals surface area contributed by atoms with E-state index in [0.717, 1.165) is 5.56 Å². The highest BCUT2D eigenvalue weighted by Crippen LogP contribution is 2.35. The monoisotopic (exact) mass is 395 g/mol. The van der Waals surface area contributed by atoms with Gasteiger partial charge < -0.3 is 19.2 Å². The molecular weight excluding hydrogens is 374 g/mol. The number of amides is 1. The third kappa shape index (κ3) is 4.01. The van der Waals surface area contributed by atoms with E-state index in [0.29, 0.717) is 35.8 Å². The molecule has 1 aliphatic heterocycles. The average molecular weight is 395 g/mol. The van der Waals surface area contributed by atoms with Gasteiger partial charge in [-0.05, 0) is 42.7 Å². The number of fused-ring (bicyclic) bond motifs is 1. The lowest BCUT2D eigenvalue weighted by atomic mass is 10.1. The van der Waals surface area contributed by atoms with Crippen LogP contribution in [0.4, 0.5) is 0 Å². The van der Waals surface area contributed by atoms with Crippen LogP contribution in [0.2, 0.25) is 0 Å². The van der Waals surface area contributed by atoms with Gasteiger partial charge in [0.25, 0.3) is 5.91 Å². The first-order valence-electron chi connectivity index (χ1n) is 9.30. The minimum Gasteiger partial charge on any atom is -0.485 e. The third-order valence-electron chi connectivity index (χ3n) is 4.68. The van der Waals surface area contributed by atoms with Crippen molar-refractivity contribution in [2.45, 2.75) is 19.4 Å². The number of nitrogens with zero attached hydrogens (tertiary/aromatic N) is 2. The predicted octanol–water partition coefficient (Wildman–Crippen LogP) is 2.17. The molecule has 3 aromatic rings.